The molecule has 2 unspecified atom stereocenters. The first-order valence-corrected chi connectivity index (χ1v) is 6.80. The second-order valence-corrected chi connectivity index (χ2v) is 6.53. The van der Waals surface area contributed by atoms with E-state index in [1.807, 2.05) is 0 Å². The van der Waals surface area contributed by atoms with Crippen LogP contribution in [0.4, 0.5) is 0 Å². The van der Waals surface area contributed by atoms with Crippen molar-refractivity contribution in [2.75, 3.05) is 0 Å². The number of aldehydes is 1. The minimum Gasteiger partial charge on any atom is -0.461 e. The Hall–Kier alpha value is -1.12. The normalized spacial score (nSPS) is 50.0. The summed E-state index contributed by atoms with van der Waals surface area (Å²) in [6.45, 7) is 8.75. The molecule has 0 N–H and O–H groups in total. The third-order valence-corrected chi connectivity index (χ3v) is 5.95. The van der Waals surface area contributed by atoms with E-state index >= 15 is 0 Å². The van der Waals surface area contributed by atoms with Crippen molar-refractivity contribution in [1.82, 2.24) is 0 Å². The quantitative estimate of drug-likeness (QED) is 0.428. The van der Waals surface area contributed by atoms with Crippen LogP contribution in [0.25, 0.3) is 0 Å². The van der Waals surface area contributed by atoms with E-state index in [9.17, 15) is 9.59 Å². The molecule has 0 radical (unpaired) electrons. The average Bonchev–Trinajstić information content (AvgIpc) is 2.59. The van der Waals surface area contributed by atoms with Crippen LogP contribution >= 0.6 is 0 Å². The highest BCUT2D eigenvalue weighted by Crippen LogP contribution is 2.65. The number of hydrogen-bond acceptors (Lipinski definition) is 3. The topological polar surface area (TPSA) is 43.4 Å². The second-order valence-electron chi connectivity index (χ2n) is 6.53. The van der Waals surface area contributed by atoms with Crippen molar-refractivity contribution < 1.29 is 14.3 Å². The summed E-state index contributed by atoms with van der Waals surface area (Å²) in [5.74, 6) is 0.387. The standard InChI is InChI=1S/C15H20O3/c1-9-8-11-12-10(2)14(9,3)4-5-15(12,6-7-16)13(17)18-11/h7,9,11-12H,2,4-6,8H2,1,3H3/t9?,11-,12+,14?,15-/m1/s1. The molecule has 18 heavy (non-hydrogen) atoms. The second kappa shape index (κ2) is 3.46. The maximum atomic E-state index is 12.2. The zero-order chi connectivity index (χ0) is 13.1. The molecular formula is C15H20O3. The summed E-state index contributed by atoms with van der Waals surface area (Å²) in [7, 11) is 0. The van der Waals surface area contributed by atoms with E-state index in [1.54, 1.807) is 0 Å². The van der Waals surface area contributed by atoms with Crippen LogP contribution in [0.2, 0.25) is 0 Å². The van der Waals surface area contributed by atoms with Crippen LogP contribution in [0, 0.1) is 22.7 Å². The van der Waals surface area contributed by atoms with Gasteiger partial charge >= 0.3 is 5.97 Å². The Morgan fingerprint density at radius 2 is 2.22 bits per heavy atom. The Bertz CT molecular complexity index is 441. The van der Waals surface area contributed by atoms with Gasteiger partial charge in [0.2, 0.25) is 0 Å². The Kier molecular flexibility index (Phi) is 2.30. The van der Waals surface area contributed by atoms with Crippen LogP contribution in [0.5, 0.6) is 0 Å². The number of carbonyl (C=O) groups excluding carboxylic acids is 2. The summed E-state index contributed by atoms with van der Waals surface area (Å²) in [6.07, 6.45) is 3.74. The maximum absolute atomic E-state index is 12.2. The molecule has 0 spiro atoms. The lowest BCUT2D eigenvalue weighted by atomic mass is 9.48. The number of rotatable bonds is 2. The first-order valence-electron chi connectivity index (χ1n) is 6.80. The first kappa shape index (κ1) is 11.9. The molecule has 3 nitrogen and oxygen atoms in total. The van der Waals surface area contributed by atoms with Gasteiger partial charge in [-0.2, -0.15) is 0 Å². The molecule has 5 atom stereocenters. The van der Waals surface area contributed by atoms with Gasteiger partial charge < -0.3 is 9.53 Å². The van der Waals surface area contributed by atoms with E-state index in [0.717, 1.165) is 31.1 Å². The van der Waals surface area contributed by atoms with Crippen LogP contribution in [-0.4, -0.2) is 18.4 Å². The van der Waals surface area contributed by atoms with E-state index in [0.29, 0.717) is 5.92 Å². The molecule has 2 bridgehead atoms. The number of fused-ring (bicyclic) bond motifs is 1. The Balaban J connectivity index is 2.09. The van der Waals surface area contributed by atoms with Crippen LogP contribution in [0.15, 0.2) is 12.2 Å². The fourth-order valence-corrected chi connectivity index (χ4v) is 4.44. The lowest BCUT2D eigenvalue weighted by molar-refractivity contribution is -0.150. The van der Waals surface area contributed by atoms with E-state index in [2.05, 4.69) is 20.4 Å². The number of esters is 1. The summed E-state index contributed by atoms with van der Waals surface area (Å²) in [5.41, 5.74) is 0.662. The summed E-state index contributed by atoms with van der Waals surface area (Å²) in [6, 6.07) is 0. The molecule has 0 aromatic carbocycles. The van der Waals surface area contributed by atoms with Gasteiger partial charge in [0.25, 0.3) is 0 Å². The smallest absolute Gasteiger partial charge is 0.313 e. The summed E-state index contributed by atoms with van der Waals surface area (Å²) in [4.78, 5) is 23.2. The summed E-state index contributed by atoms with van der Waals surface area (Å²) in [5, 5.41) is 0. The van der Waals surface area contributed by atoms with Crippen molar-refractivity contribution in [3.8, 4) is 0 Å². The van der Waals surface area contributed by atoms with Gasteiger partial charge in [-0.15, -0.1) is 0 Å². The molecule has 98 valence electrons. The Morgan fingerprint density at radius 1 is 1.50 bits per heavy atom. The monoisotopic (exact) mass is 248 g/mol. The van der Waals surface area contributed by atoms with E-state index < -0.39 is 5.41 Å². The van der Waals surface area contributed by atoms with Crippen molar-refractivity contribution in [1.29, 1.82) is 0 Å². The Morgan fingerprint density at radius 3 is 2.89 bits per heavy atom. The molecule has 1 heterocycles. The lowest BCUT2D eigenvalue weighted by Crippen LogP contribution is -2.51. The van der Waals surface area contributed by atoms with Crippen molar-refractivity contribution in [3.05, 3.63) is 12.2 Å². The summed E-state index contributed by atoms with van der Waals surface area (Å²) < 4.78 is 5.58. The van der Waals surface area contributed by atoms with Crippen LogP contribution in [0.1, 0.15) is 39.5 Å². The summed E-state index contributed by atoms with van der Waals surface area (Å²) >= 11 is 0. The van der Waals surface area contributed by atoms with Crippen LogP contribution in [0.3, 0.4) is 0 Å². The average molecular weight is 248 g/mol. The van der Waals surface area contributed by atoms with Gasteiger partial charge in [0, 0.05) is 12.3 Å². The molecule has 1 saturated heterocycles. The Labute approximate surface area is 108 Å². The van der Waals surface area contributed by atoms with Crippen molar-refractivity contribution in [2.45, 2.75) is 45.6 Å². The van der Waals surface area contributed by atoms with Gasteiger partial charge in [-0.3, -0.25) is 4.79 Å². The van der Waals surface area contributed by atoms with Gasteiger partial charge in [-0.05, 0) is 30.6 Å². The van der Waals surface area contributed by atoms with E-state index in [-0.39, 0.29) is 29.8 Å². The van der Waals surface area contributed by atoms with Crippen LogP contribution < -0.4 is 0 Å². The fraction of sp³-hybridized carbons (Fsp3) is 0.733. The predicted octanol–water partition coefficient (Wildman–Crippen LogP) is 2.50. The highest BCUT2D eigenvalue weighted by molar-refractivity contribution is 5.84. The minimum absolute atomic E-state index is 0.0478. The van der Waals surface area contributed by atoms with E-state index in [1.165, 1.54) is 0 Å². The van der Waals surface area contributed by atoms with Crippen molar-refractivity contribution in [2.24, 2.45) is 22.7 Å². The van der Waals surface area contributed by atoms with Gasteiger partial charge in [-0.1, -0.05) is 26.0 Å². The van der Waals surface area contributed by atoms with Gasteiger partial charge in [0.1, 0.15) is 12.4 Å². The van der Waals surface area contributed by atoms with Crippen LogP contribution in [-0.2, 0) is 14.3 Å². The third-order valence-electron chi connectivity index (χ3n) is 5.95. The molecular weight excluding hydrogens is 228 g/mol. The third kappa shape index (κ3) is 1.15. The molecule has 1 aliphatic heterocycles. The van der Waals surface area contributed by atoms with Crippen molar-refractivity contribution in [3.63, 3.8) is 0 Å². The highest BCUT2D eigenvalue weighted by Gasteiger charge is 2.66. The highest BCUT2D eigenvalue weighted by atomic mass is 16.6. The van der Waals surface area contributed by atoms with Crippen molar-refractivity contribution >= 4 is 12.3 Å². The number of hydrogen-bond donors (Lipinski definition) is 0. The molecule has 0 aromatic rings. The minimum atomic E-state index is -0.594. The molecule has 3 heteroatoms. The molecule has 3 aliphatic rings. The van der Waals surface area contributed by atoms with Gasteiger partial charge in [-0.25, -0.2) is 0 Å². The zero-order valence-corrected chi connectivity index (χ0v) is 11.1. The zero-order valence-electron chi connectivity index (χ0n) is 11.1. The predicted molar refractivity (Wildman–Crippen MR) is 66.7 cm³/mol. The molecule has 3 rings (SSSR count). The number of carbonyl (C=O) groups is 2. The van der Waals surface area contributed by atoms with E-state index in [4.69, 9.17) is 4.74 Å². The molecule has 0 aromatic heterocycles. The molecule has 0 amide bonds. The maximum Gasteiger partial charge on any atom is 0.313 e. The lowest BCUT2D eigenvalue weighted by Gasteiger charge is -2.54. The molecule has 2 aliphatic carbocycles. The largest absolute Gasteiger partial charge is 0.461 e. The van der Waals surface area contributed by atoms with Gasteiger partial charge in [0.05, 0.1) is 5.41 Å². The number of ether oxygens (including phenoxy) is 1. The first-order chi connectivity index (χ1) is 8.45. The molecule has 2 saturated carbocycles. The SMILES string of the molecule is C=C1[C@H]2[C@H]3CC(C)C1(C)CC[C@]2(CC=O)C(=O)O3. The van der Waals surface area contributed by atoms with Gasteiger partial charge in [0.15, 0.2) is 0 Å². The molecule has 3 fully saturated rings. The fourth-order valence-electron chi connectivity index (χ4n) is 4.44.